The van der Waals surface area contributed by atoms with Gasteiger partial charge in [0.2, 0.25) is 0 Å². The smallest absolute Gasteiger partial charge is 0.0449 e. The molecule has 0 saturated carbocycles. The third kappa shape index (κ3) is 6.23. The average molecular weight is 853 g/mol. The molecule has 4 aliphatic rings. The fourth-order valence-electron chi connectivity index (χ4n) is 11.1. The minimum atomic E-state index is 0.317. The standard InChI is InChI=1S/C62H44S2/c1-2-16-41(17-3-1)59-49-22-10-12-24-51(49)62(52-25-13-11-23-50(52)59)58-35-34-57(64-58)56-33-32-55(63-56)44-30-31-53-54(38-44)61(46-29-27-40-15-5-7-19-43(40)37-46)48-21-9-8-20-47(48)60(53)45-28-26-39-14-4-6-18-42(39)36-45/h1-5,7-10,12,14-17,19-38,49,59H,6,11,13,18H2. The van der Waals surface area contributed by atoms with Crippen molar-refractivity contribution in [2.24, 2.45) is 5.92 Å². The van der Waals surface area contributed by atoms with Gasteiger partial charge in [0, 0.05) is 36.9 Å². The van der Waals surface area contributed by atoms with Crippen molar-refractivity contribution >= 4 is 66.6 Å². The minimum Gasteiger partial charge on any atom is -0.134 e. The number of hydrogen-bond acceptors (Lipinski definition) is 2. The van der Waals surface area contributed by atoms with Crippen LogP contribution in [0.15, 0.2) is 217 Å². The van der Waals surface area contributed by atoms with E-state index in [0.717, 1.165) is 25.7 Å². The van der Waals surface area contributed by atoms with E-state index in [9.17, 15) is 0 Å². The van der Waals surface area contributed by atoms with E-state index in [0.29, 0.717) is 11.8 Å². The number of hydrogen-bond donors (Lipinski definition) is 0. The van der Waals surface area contributed by atoms with Crippen molar-refractivity contribution in [3.05, 3.63) is 239 Å². The van der Waals surface area contributed by atoms with Crippen molar-refractivity contribution < 1.29 is 0 Å². The number of fused-ring (bicyclic) bond motifs is 6. The molecule has 0 aliphatic heterocycles. The molecule has 2 heteroatoms. The van der Waals surface area contributed by atoms with Gasteiger partial charge in [-0.05, 0) is 156 Å². The second-order valence-electron chi connectivity index (χ2n) is 17.6. The van der Waals surface area contributed by atoms with E-state index in [1.807, 2.05) is 22.7 Å². The summed E-state index contributed by atoms with van der Waals surface area (Å²) in [4.78, 5) is 5.29. The topological polar surface area (TPSA) is 0 Å². The summed E-state index contributed by atoms with van der Waals surface area (Å²) in [6.45, 7) is 0. The molecule has 0 nitrogen and oxygen atoms in total. The van der Waals surface area contributed by atoms with E-state index in [1.54, 1.807) is 0 Å². The fourth-order valence-corrected chi connectivity index (χ4v) is 13.3. The van der Waals surface area contributed by atoms with Crippen molar-refractivity contribution in [2.75, 3.05) is 0 Å². The molecule has 0 bridgehead atoms. The molecule has 0 fully saturated rings. The van der Waals surface area contributed by atoms with Gasteiger partial charge in [-0.15, -0.1) is 22.7 Å². The second-order valence-corrected chi connectivity index (χ2v) is 19.8. The SMILES string of the molecule is C1=CC2=C(c3ccc(-c4ccc(-c5ccc6c(-c7ccc8c(c7)CCC=C8)c7ccccc7c(-c7ccc8ccccc8c7)c6c5)s4)s3)C3=CCCC=C3C(c3ccccc3)C2C=C1. The summed E-state index contributed by atoms with van der Waals surface area (Å²) in [6, 6.07) is 59.8. The largest absolute Gasteiger partial charge is 0.134 e. The monoisotopic (exact) mass is 852 g/mol. The Labute approximate surface area is 382 Å². The summed E-state index contributed by atoms with van der Waals surface area (Å²) in [6.07, 6.45) is 23.3. The van der Waals surface area contributed by atoms with Gasteiger partial charge < -0.3 is 0 Å². The van der Waals surface area contributed by atoms with Gasteiger partial charge in [0.15, 0.2) is 0 Å². The van der Waals surface area contributed by atoms with E-state index < -0.39 is 0 Å². The summed E-state index contributed by atoms with van der Waals surface area (Å²) >= 11 is 3.86. The van der Waals surface area contributed by atoms with Crippen molar-refractivity contribution in [1.29, 1.82) is 0 Å². The normalized spacial score (nSPS) is 17.7. The van der Waals surface area contributed by atoms with Crippen LogP contribution in [-0.2, 0) is 6.42 Å². The lowest BCUT2D eigenvalue weighted by Crippen LogP contribution is -2.24. The molecule has 64 heavy (non-hydrogen) atoms. The first kappa shape index (κ1) is 37.7. The predicted octanol–water partition coefficient (Wildman–Crippen LogP) is 17.8. The highest BCUT2D eigenvalue weighted by molar-refractivity contribution is 7.24. The van der Waals surface area contributed by atoms with Gasteiger partial charge >= 0.3 is 0 Å². The molecule has 2 atom stereocenters. The molecule has 2 heterocycles. The number of rotatable bonds is 6. The Kier molecular flexibility index (Phi) is 9.10. The van der Waals surface area contributed by atoms with Crippen LogP contribution in [0.5, 0.6) is 0 Å². The molecule has 4 aliphatic carbocycles. The lowest BCUT2D eigenvalue weighted by molar-refractivity contribution is 0.636. The Hall–Kier alpha value is -6.84. The zero-order chi connectivity index (χ0) is 42.1. The Morgan fingerprint density at radius 3 is 2.03 bits per heavy atom. The quantitative estimate of drug-likeness (QED) is 0.146. The second kappa shape index (κ2) is 15.5. The van der Waals surface area contributed by atoms with Gasteiger partial charge in [0.1, 0.15) is 0 Å². The molecule has 0 spiro atoms. The van der Waals surface area contributed by atoms with E-state index in [-0.39, 0.29) is 0 Å². The zero-order valence-corrected chi connectivity index (χ0v) is 37.1. The predicted molar refractivity (Wildman–Crippen MR) is 277 cm³/mol. The molecular weight excluding hydrogens is 809 g/mol. The highest BCUT2D eigenvalue weighted by atomic mass is 32.1. The summed E-state index contributed by atoms with van der Waals surface area (Å²) in [5.74, 6) is 0.650. The average Bonchev–Trinajstić information content (AvgIpc) is 4.06. The molecule has 7 aromatic carbocycles. The summed E-state index contributed by atoms with van der Waals surface area (Å²) in [7, 11) is 0. The van der Waals surface area contributed by atoms with Crippen LogP contribution in [0.2, 0.25) is 0 Å². The maximum absolute atomic E-state index is 2.53. The molecule has 0 radical (unpaired) electrons. The number of aryl methyl sites for hydroxylation is 1. The van der Waals surface area contributed by atoms with Crippen molar-refractivity contribution in [3.8, 4) is 42.4 Å². The molecular formula is C62H44S2. The number of thiophene rings is 2. The van der Waals surface area contributed by atoms with Gasteiger partial charge in [0.25, 0.3) is 0 Å². The molecule has 0 amide bonds. The summed E-state index contributed by atoms with van der Waals surface area (Å²) < 4.78 is 0. The lowest BCUT2D eigenvalue weighted by Gasteiger charge is -2.39. The Balaban J connectivity index is 0.939. The van der Waals surface area contributed by atoms with Crippen molar-refractivity contribution in [3.63, 3.8) is 0 Å². The first-order chi connectivity index (χ1) is 31.7. The van der Waals surface area contributed by atoms with E-state index in [2.05, 4.69) is 206 Å². The number of benzene rings is 7. The third-order valence-corrected chi connectivity index (χ3v) is 16.5. The van der Waals surface area contributed by atoms with Crippen LogP contribution < -0.4 is 0 Å². The maximum atomic E-state index is 2.53. The summed E-state index contributed by atoms with van der Waals surface area (Å²) in [5.41, 5.74) is 16.4. The highest BCUT2D eigenvalue weighted by Gasteiger charge is 2.38. The summed E-state index contributed by atoms with van der Waals surface area (Å²) in [5, 5.41) is 7.70. The maximum Gasteiger partial charge on any atom is 0.0449 e. The fraction of sp³-hybridized carbons (Fsp3) is 0.0968. The highest BCUT2D eigenvalue weighted by Crippen LogP contribution is 2.55. The molecule has 0 saturated heterocycles. The molecule has 13 rings (SSSR count). The minimum absolute atomic E-state index is 0.317. The van der Waals surface area contributed by atoms with Crippen molar-refractivity contribution in [1.82, 2.24) is 0 Å². The van der Waals surface area contributed by atoms with E-state index in [1.165, 1.54) is 119 Å². The zero-order valence-electron chi connectivity index (χ0n) is 35.4. The first-order valence-corrected chi connectivity index (χ1v) is 24.4. The van der Waals surface area contributed by atoms with Gasteiger partial charge in [-0.2, -0.15) is 0 Å². The molecule has 9 aromatic rings. The Morgan fingerprint density at radius 1 is 0.469 bits per heavy atom. The van der Waals surface area contributed by atoms with Crippen LogP contribution in [0.25, 0.3) is 86.4 Å². The van der Waals surface area contributed by atoms with Crippen molar-refractivity contribution in [2.45, 2.75) is 31.6 Å². The van der Waals surface area contributed by atoms with Gasteiger partial charge in [-0.25, -0.2) is 0 Å². The van der Waals surface area contributed by atoms with E-state index >= 15 is 0 Å². The Morgan fingerprint density at radius 2 is 1.16 bits per heavy atom. The van der Waals surface area contributed by atoms with Crippen LogP contribution in [0.4, 0.5) is 0 Å². The van der Waals surface area contributed by atoms with Crippen LogP contribution >= 0.6 is 22.7 Å². The van der Waals surface area contributed by atoms with Gasteiger partial charge in [-0.3, -0.25) is 0 Å². The van der Waals surface area contributed by atoms with Crippen LogP contribution in [0.3, 0.4) is 0 Å². The third-order valence-electron chi connectivity index (χ3n) is 14.0. The molecule has 304 valence electrons. The van der Waals surface area contributed by atoms with Crippen LogP contribution in [0.1, 0.15) is 46.7 Å². The number of allylic oxidation sites excluding steroid dienone is 11. The van der Waals surface area contributed by atoms with Gasteiger partial charge in [-0.1, -0.05) is 170 Å². The lowest BCUT2D eigenvalue weighted by atomic mass is 9.64. The molecule has 2 unspecified atom stereocenters. The van der Waals surface area contributed by atoms with Gasteiger partial charge in [0.05, 0.1) is 0 Å². The Bertz CT molecular complexity index is 3560. The van der Waals surface area contributed by atoms with E-state index in [4.69, 9.17) is 0 Å². The molecule has 2 aromatic heterocycles. The molecule has 0 N–H and O–H groups in total. The van der Waals surface area contributed by atoms with Crippen LogP contribution in [-0.4, -0.2) is 0 Å². The van der Waals surface area contributed by atoms with Crippen LogP contribution in [0, 0.1) is 5.92 Å². The first-order valence-electron chi connectivity index (χ1n) is 22.8.